The number of hydrogen-bond acceptors (Lipinski definition) is 4. The van der Waals surface area contributed by atoms with Crippen molar-refractivity contribution in [3.05, 3.63) is 0 Å². The van der Waals surface area contributed by atoms with Crippen molar-refractivity contribution in [3.63, 3.8) is 0 Å². The summed E-state index contributed by atoms with van der Waals surface area (Å²) in [6.45, 7) is 0. The lowest BCUT2D eigenvalue weighted by atomic mass is 9.99. The van der Waals surface area contributed by atoms with Crippen LogP contribution in [0.1, 0.15) is 19.3 Å². The van der Waals surface area contributed by atoms with Crippen LogP contribution in [0.15, 0.2) is 0 Å². The molecule has 2 saturated heterocycles. The second kappa shape index (κ2) is 3.24. The largest absolute Gasteiger partial charge is 0.453 e. The summed E-state index contributed by atoms with van der Waals surface area (Å²) in [7, 11) is 1.31. The van der Waals surface area contributed by atoms with Crippen molar-refractivity contribution in [2.45, 2.75) is 37.5 Å². The number of nitrogens with zero attached hydrogens (tertiary/aromatic N) is 1. The molecule has 5 heteroatoms. The van der Waals surface area contributed by atoms with Gasteiger partial charge in [-0.1, -0.05) is 0 Å². The number of amides is 1. The average molecular weight is 199 g/mol. The number of methoxy groups -OCH3 is 1. The van der Waals surface area contributed by atoms with Gasteiger partial charge in [0.2, 0.25) is 0 Å². The molecule has 2 bridgehead atoms. The first-order chi connectivity index (χ1) is 6.65. The average Bonchev–Trinajstić information content (AvgIpc) is 2.52. The van der Waals surface area contributed by atoms with Gasteiger partial charge in [-0.2, -0.15) is 0 Å². The molecule has 0 saturated carbocycles. The number of aliphatic hydroxyl groups is 1. The Morgan fingerprint density at radius 2 is 2.29 bits per heavy atom. The molecule has 5 nitrogen and oxygen atoms in total. The molecule has 2 aliphatic heterocycles. The molecule has 2 heterocycles. The zero-order valence-corrected chi connectivity index (χ0v) is 7.97. The van der Waals surface area contributed by atoms with Crippen LogP contribution < -0.4 is 0 Å². The van der Waals surface area contributed by atoms with Crippen molar-refractivity contribution in [1.29, 1.82) is 0 Å². The van der Waals surface area contributed by atoms with E-state index in [4.69, 9.17) is 0 Å². The molecular weight excluding hydrogens is 186 g/mol. The Bertz CT molecular complexity index is 278. The highest BCUT2D eigenvalue weighted by Gasteiger charge is 2.48. The van der Waals surface area contributed by atoms with Crippen LogP contribution >= 0.6 is 0 Å². The molecule has 0 aromatic rings. The van der Waals surface area contributed by atoms with Crippen LogP contribution in [0.5, 0.6) is 0 Å². The summed E-state index contributed by atoms with van der Waals surface area (Å²) < 4.78 is 4.62. The molecule has 0 aliphatic carbocycles. The van der Waals surface area contributed by atoms with E-state index < -0.39 is 12.2 Å². The Morgan fingerprint density at radius 1 is 1.57 bits per heavy atom. The Morgan fingerprint density at radius 3 is 2.93 bits per heavy atom. The van der Waals surface area contributed by atoms with Crippen LogP contribution in [0.25, 0.3) is 0 Å². The molecule has 2 fully saturated rings. The smallest absolute Gasteiger partial charge is 0.410 e. The van der Waals surface area contributed by atoms with Gasteiger partial charge < -0.3 is 9.84 Å². The fourth-order valence-electron chi connectivity index (χ4n) is 2.38. The van der Waals surface area contributed by atoms with Crippen molar-refractivity contribution < 1.29 is 19.4 Å². The van der Waals surface area contributed by atoms with Gasteiger partial charge in [0.1, 0.15) is 6.10 Å². The second-order valence-corrected chi connectivity index (χ2v) is 3.79. The van der Waals surface area contributed by atoms with Gasteiger partial charge in [0.25, 0.3) is 0 Å². The molecule has 0 spiro atoms. The maximum Gasteiger partial charge on any atom is 0.410 e. The summed E-state index contributed by atoms with van der Waals surface area (Å²) >= 11 is 0. The number of carbonyl (C=O) groups excluding carboxylic acids is 2. The van der Waals surface area contributed by atoms with E-state index in [1.165, 1.54) is 12.0 Å². The third-order valence-corrected chi connectivity index (χ3v) is 3.06. The molecule has 0 radical (unpaired) electrons. The van der Waals surface area contributed by atoms with E-state index in [9.17, 15) is 14.7 Å². The first kappa shape index (κ1) is 9.45. The van der Waals surface area contributed by atoms with Crippen molar-refractivity contribution in [2.24, 2.45) is 0 Å². The summed E-state index contributed by atoms with van der Waals surface area (Å²) in [5, 5.41) is 9.58. The molecule has 2 rings (SSSR count). The molecule has 2 aliphatic rings. The first-order valence-corrected chi connectivity index (χ1v) is 4.72. The SMILES string of the molecule is COC(=O)N1[C@H]2CC[C@@H]1[C@@H](O)C(=O)C2. The zero-order valence-electron chi connectivity index (χ0n) is 7.97. The highest BCUT2D eigenvalue weighted by atomic mass is 16.5. The fourth-order valence-corrected chi connectivity index (χ4v) is 2.38. The third-order valence-electron chi connectivity index (χ3n) is 3.06. The lowest BCUT2D eigenvalue weighted by Gasteiger charge is -2.35. The minimum absolute atomic E-state index is 0.0663. The summed E-state index contributed by atoms with van der Waals surface area (Å²) in [6.07, 6.45) is 0.263. The van der Waals surface area contributed by atoms with Gasteiger partial charge in [-0.15, -0.1) is 0 Å². The van der Waals surface area contributed by atoms with Gasteiger partial charge in [0, 0.05) is 12.5 Å². The quantitative estimate of drug-likeness (QED) is 0.592. The summed E-state index contributed by atoms with van der Waals surface area (Å²) in [5.74, 6) is -0.155. The highest BCUT2D eigenvalue weighted by molar-refractivity contribution is 5.87. The van der Waals surface area contributed by atoms with Crippen LogP contribution in [0.2, 0.25) is 0 Å². The number of Topliss-reactive ketones (excluding diaryl/α,β-unsaturated/α-hetero) is 1. The Balaban J connectivity index is 2.21. The van der Waals surface area contributed by atoms with Crippen LogP contribution in [0, 0.1) is 0 Å². The van der Waals surface area contributed by atoms with Gasteiger partial charge in [0.05, 0.1) is 13.2 Å². The maximum absolute atomic E-state index is 11.4. The number of carbonyl (C=O) groups is 2. The van der Waals surface area contributed by atoms with E-state index in [1.54, 1.807) is 0 Å². The fraction of sp³-hybridized carbons (Fsp3) is 0.778. The van der Waals surface area contributed by atoms with Crippen LogP contribution in [0.4, 0.5) is 4.79 Å². The summed E-state index contributed by atoms with van der Waals surface area (Å²) in [5.41, 5.74) is 0. The number of ether oxygens (including phenoxy) is 1. The molecule has 0 unspecified atom stereocenters. The first-order valence-electron chi connectivity index (χ1n) is 4.72. The minimum atomic E-state index is -1.02. The van der Waals surface area contributed by atoms with Crippen LogP contribution in [-0.2, 0) is 9.53 Å². The van der Waals surface area contributed by atoms with Gasteiger partial charge in [-0.25, -0.2) is 4.79 Å². The van der Waals surface area contributed by atoms with E-state index in [2.05, 4.69) is 4.74 Å². The predicted molar refractivity (Wildman–Crippen MR) is 46.7 cm³/mol. The molecule has 0 aromatic heterocycles. The predicted octanol–water partition coefficient (Wildman–Crippen LogP) is -0.0805. The number of hydrogen-bond donors (Lipinski definition) is 1. The van der Waals surface area contributed by atoms with E-state index >= 15 is 0 Å². The monoisotopic (exact) mass is 199 g/mol. The third kappa shape index (κ3) is 1.19. The van der Waals surface area contributed by atoms with Gasteiger partial charge in [-0.3, -0.25) is 9.69 Å². The molecule has 3 atom stereocenters. The minimum Gasteiger partial charge on any atom is -0.453 e. The molecular formula is C9H13NO4. The zero-order chi connectivity index (χ0) is 10.3. The van der Waals surface area contributed by atoms with Crippen molar-refractivity contribution in [3.8, 4) is 0 Å². The standard InChI is InChI=1S/C9H13NO4/c1-14-9(13)10-5-2-3-6(10)8(12)7(11)4-5/h5-6,8,12H,2-4H2,1H3/t5-,6+,8+/m0/s1. The Labute approximate surface area is 81.6 Å². The number of fused-ring (bicyclic) bond motifs is 2. The van der Waals surface area contributed by atoms with Crippen molar-refractivity contribution in [1.82, 2.24) is 4.90 Å². The van der Waals surface area contributed by atoms with Crippen LogP contribution in [-0.4, -0.2) is 47.2 Å². The van der Waals surface area contributed by atoms with Crippen molar-refractivity contribution >= 4 is 11.9 Å². The lowest BCUT2D eigenvalue weighted by Crippen LogP contribution is -2.54. The normalized spacial score (nSPS) is 36.0. The number of rotatable bonds is 0. The number of piperidine rings is 1. The molecule has 1 amide bonds. The lowest BCUT2D eigenvalue weighted by molar-refractivity contribution is -0.134. The Hall–Kier alpha value is -1.10. The van der Waals surface area contributed by atoms with Gasteiger partial charge >= 0.3 is 6.09 Å². The topological polar surface area (TPSA) is 66.8 Å². The molecule has 1 N–H and O–H groups in total. The number of ketones is 1. The van der Waals surface area contributed by atoms with E-state index in [0.29, 0.717) is 6.42 Å². The molecule has 14 heavy (non-hydrogen) atoms. The highest BCUT2D eigenvalue weighted by Crippen LogP contribution is 2.34. The van der Waals surface area contributed by atoms with Gasteiger partial charge in [-0.05, 0) is 12.8 Å². The van der Waals surface area contributed by atoms with Crippen LogP contribution in [0.3, 0.4) is 0 Å². The number of aliphatic hydroxyl groups excluding tert-OH is 1. The second-order valence-electron chi connectivity index (χ2n) is 3.79. The summed E-state index contributed by atoms with van der Waals surface area (Å²) in [4.78, 5) is 24.1. The maximum atomic E-state index is 11.4. The van der Waals surface area contributed by atoms with E-state index in [-0.39, 0.29) is 24.3 Å². The Kier molecular flexibility index (Phi) is 2.19. The van der Waals surface area contributed by atoms with E-state index in [1.807, 2.05) is 0 Å². The van der Waals surface area contributed by atoms with Gasteiger partial charge in [0.15, 0.2) is 5.78 Å². The summed E-state index contributed by atoms with van der Waals surface area (Å²) in [6, 6.07) is -0.433. The molecule has 0 aromatic carbocycles. The molecule has 78 valence electrons. The van der Waals surface area contributed by atoms with Crippen molar-refractivity contribution in [2.75, 3.05) is 7.11 Å². The van der Waals surface area contributed by atoms with E-state index in [0.717, 1.165) is 6.42 Å².